The van der Waals surface area contributed by atoms with Crippen molar-refractivity contribution >= 4 is 11.9 Å². The number of nitrogens with zero attached hydrogens (tertiary/aromatic N) is 1. The van der Waals surface area contributed by atoms with E-state index in [1.807, 2.05) is 0 Å². The van der Waals surface area contributed by atoms with Gasteiger partial charge in [0.25, 0.3) is 0 Å². The van der Waals surface area contributed by atoms with Gasteiger partial charge < -0.3 is 14.7 Å². The summed E-state index contributed by atoms with van der Waals surface area (Å²) in [6.45, 7) is 1.47. The van der Waals surface area contributed by atoms with Crippen molar-refractivity contribution in [3.63, 3.8) is 0 Å². The molecule has 74 valence electrons. The number of carbonyl (C=O) groups excluding carboxylic acids is 1. The van der Waals surface area contributed by atoms with Crippen LogP contribution in [-0.2, 0) is 14.3 Å². The van der Waals surface area contributed by atoms with Crippen molar-refractivity contribution in [1.82, 2.24) is 4.90 Å². The summed E-state index contributed by atoms with van der Waals surface area (Å²) >= 11 is 0. The van der Waals surface area contributed by atoms with Crippen molar-refractivity contribution in [3.05, 3.63) is 0 Å². The highest BCUT2D eigenvalue weighted by Crippen LogP contribution is 2.17. The van der Waals surface area contributed by atoms with E-state index in [2.05, 4.69) is 0 Å². The van der Waals surface area contributed by atoms with Crippen molar-refractivity contribution < 1.29 is 19.4 Å². The monoisotopic (exact) mass is 187 g/mol. The number of likely N-dealkylation sites (tertiary alicyclic amines) is 1. The standard InChI is InChI=1S/C8H13NO4/c1-13-5-4-9-3-2-6(7(9)10)8(11)12/h6H,2-5H2,1H3,(H,11,12)/t6-/m0/s1. The van der Waals surface area contributed by atoms with Gasteiger partial charge >= 0.3 is 5.97 Å². The maximum atomic E-state index is 11.3. The number of ether oxygens (including phenoxy) is 1. The maximum absolute atomic E-state index is 11.3. The summed E-state index contributed by atoms with van der Waals surface area (Å²) < 4.78 is 4.81. The summed E-state index contributed by atoms with van der Waals surface area (Å²) in [7, 11) is 1.55. The molecule has 0 aromatic carbocycles. The van der Waals surface area contributed by atoms with Gasteiger partial charge in [0.05, 0.1) is 6.61 Å². The first-order chi connectivity index (χ1) is 6.16. The Balaban J connectivity index is 2.45. The van der Waals surface area contributed by atoms with Crippen LogP contribution < -0.4 is 0 Å². The van der Waals surface area contributed by atoms with Crippen LogP contribution in [0, 0.1) is 5.92 Å². The minimum atomic E-state index is -1.02. The molecule has 0 aliphatic carbocycles. The van der Waals surface area contributed by atoms with Gasteiger partial charge in [0.15, 0.2) is 0 Å². The van der Waals surface area contributed by atoms with Crippen LogP contribution in [0.15, 0.2) is 0 Å². The van der Waals surface area contributed by atoms with Crippen LogP contribution >= 0.6 is 0 Å². The molecule has 1 heterocycles. The number of amides is 1. The molecule has 0 radical (unpaired) electrons. The summed E-state index contributed by atoms with van der Waals surface area (Å²) in [6, 6.07) is 0. The molecule has 0 bridgehead atoms. The van der Waals surface area contributed by atoms with Gasteiger partial charge in [-0.25, -0.2) is 0 Å². The Hall–Kier alpha value is -1.10. The predicted octanol–water partition coefficient (Wildman–Crippen LogP) is -0.434. The highest BCUT2D eigenvalue weighted by atomic mass is 16.5. The third-order valence-corrected chi connectivity index (χ3v) is 2.16. The van der Waals surface area contributed by atoms with E-state index in [0.717, 1.165) is 0 Å². The first kappa shape index (κ1) is 9.98. The summed E-state index contributed by atoms with van der Waals surface area (Å²) in [4.78, 5) is 23.4. The topological polar surface area (TPSA) is 66.8 Å². The molecule has 1 rings (SSSR count). The Labute approximate surface area is 76.3 Å². The first-order valence-corrected chi connectivity index (χ1v) is 4.17. The molecule has 1 amide bonds. The minimum Gasteiger partial charge on any atom is -0.481 e. The van der Waals surface area contributed by atoms with Gasteiger partial charge in [-0.1, -0.05) is 0 Å². The zero-order chi connectivity index (χ0) is 9.84. The zero-order valence-corrected chi connectivity index (χ0v) is 7.52. The SMILES string of the molecule is COCCN1CC[C@H](C(=O)O)C1=O. The molecule has 1 aliphatic heterocycles. The van der Waals surface area contributed by atoms with E-state index in [-0.39, 0.29) is 5.91 Å². The highest BCUT2D eigenvalue weighted by Gasteiger charge is 2.36. The molecule has 0 aromatic heterocycles. The van der Waals surface area contributed by atoms with Crippen LogP contribution in [0.2, 0.25) is 0 Å². The lowest BCUT2D eigenvalue weighted by molar-refractivity contribution is -0.147. The molecular weight excluding hydrogens is 174 g/mol. The number of hydrogen-bond donors (Lipinski definition) is 1. The van der Waals surface area contributed by atoms with E-state index >= 15 is 0 Å². The predicted molar refractivity (Wildman–Crippen MR) is 44.2 cm³/mol. The van der Waals surface area contributed by atoms with E-state index < -0.39 is 11.9 Å². The lowest BCUT2D eigenvalue weighted by Gasteiger charge is -2.14. The Morgan fingerprint density at radius 3 is 2.92 bits per heavy atom. The van der Waals surface area contributed by atoms with E-state index in [1.165, 1.54) is 4.90 Å². The molecule has 13 heavy (non-hydrogen) atoms. The van der Waals surface area contributed by atoms with Crippen molar-refractivity contribution in [2.75, 3.05) is 26.8 Å². The van der Waals surface area contributed by atoms with Crippen molar-refractivity contribution in [2.45, 2.75) is 6.42 Å². The highest BCUT2D eigenvalue weighted by molar-refractivity contribution is 5.98. The Kier molecular flexibility index (Phi) is 3.25. The van der Waals surface area contributed by atoms with Gasteiger partial charge in [-0.05, 0) is 6.42 Å². The normalized spacial score (nSPS) is 22.4. The van der Waals surface area contributed by atoms with Crippen molar-refractivity contribution in [3.8, 4) is 0 Å². The molecular formula is C8H13NO4. The number of carboxylic acid groups (broad SMARTS) is 1. The third kappa shape index (κ3) is 2.18. The van der Waals surface area contributed by atoms with Gasteiger partial charge in [0.1, 0.15) is 5.92 Å². The van der Waals surface area contributed by atoms with Crippen molar-refractivity contribution in [2.24, 2.45) is 5.92 Å². The summed E-state index contributed by atoms with van der Waals surface area (Å²) in [5.41, 5.74) is 0. The first-order valence-electron chi connectivity index (χ1n) is 4.17. The van der Waals surface area contributed by atoms with E-state index in [0.29, 0.717) is 26.1 Å². The largest absolute Gasteiger partial charge is 0.481 e. The van der Waals surface area contributed by atoms with Gasteiger partial charge in [0.2, 0.25) is 5.91 Å². The average molecular weight is 187 g/mol. The second kappa shape index (κ2) is 4.23. The van der Waals surface area contributed by atoms with Gasteiger partial charge in [0, 0.05) is 20.2 Å². The molecule has 0 spiro atoms. The average Bonchev–Trinajstić information content (AvgIpc) is 2.43. The second-order valence-corrected chi connectivity index (χ2v) is 3.00. The molecule has 1 fully saturated rings. The molecule has 5 heteroatoms. The number of methoxy groups -OCH3 is 1. The molecule has 5 nitrogen and oxygen atoms in total. The zero-order valence-electron chi connectivity index (χ0n) is 7.52. The van der Waals surface area contributed by atoms with E-state index in [1.54, 1.807) is 7.11 Å². The smallest absolute Gasteiger partial charge is 0.316 e. The molecule has 1 aliphatic rings. The fraction of sp³-hybridized carbons (Fsp3) is 0.750. The van der Waals surface area contributed by atoms with E-state index in [4.69, 9.17) is 9.84 Å². The fourth-order valence-electron chi connectivity index (χ4n) is 1.39. The summed E-state index contributed by atoms with van der Waals surface area (Å²) in [6.07, 6.45) is 0.415. The lowest BCUT2D eigenvalue weighted by atomic mass is 10.1. The molecule has 1 N–H and O–H groups in total. The minimum absolute atomic E-state index is 0.287. The van der Waals surface area contributed by atoms with Crippen LogP contribution in [0.5, 0.6) is 0 Å². The lowest BCUT2D eigenvalue weighted by Crippen LogP contribution is -2.32. The molecule has 0 aromatic rings. The quantitative estimate of drug-likeness (QED) is 0.606. The van der Waals surface area contributed by atoms with Gasteiger partial charge in [-0.3, -0.25) is 9.59 Å². The summed E-state index contributed by atoms with van der Waals surface area (Å²) in [5.74, 6) is -2.15. The van der Waals surface area contributed by atoms with Crippen LogP contribution in [0.1, 0.15) is 6.42 Å². The number of rotatable bonds is 4. The molecule has 0 saturated carbocycles. The Morgan fingerprint density at radius 1 is 1.77 bits per heavy atom. The Morgan fingerprint density at radius 2 is 2.46 bits per heavy atom. The maximum Gasteiger partial charge on any atom is 0.316 e. The second-order valence-electron chi connectivity index (χ2n) is 3.00. The van der Waals surface area contributed by atoms with Crippen LogP contribution in [0.3, 0.4) is 0 Å². The van der Waals surface area contributed by atoms with Crippen LogP contribution in [0.4, 0.5) is 0 Å². The molecule has 0 unspecified atom stereocenters. The number of carboxylic acids is 1. The van der Waals surface area contributed by atoms with Crippen LogP contribution in [-0.4, -0.2) is 48.7 Å². The number of aliphatic carboxylic acids is 1. The van der Waals surface area contributed by atoms with E-state index in [9.17, 15) is 9.59 Å². The third-order valence-electron chi connectivity index (χ3n) is 2.16. The fourth-order valence-corrected chi connectivity index (χ4v) is 1.39. The van der Waals surface area contributed by atoms with Crippen molar-refractivity contribution in [1.29, 1.82) is 0 Å². The van der Waals surface area contributed by atoms with Gasteiger partial charge in [-0.2, -0.15) is 0 Å². The number of carbonyl (C=O) groups is 2. The number of hydrogen-bond acceptors (Lipinski definition) is 3. The van der Waals surface area contributed by atoms with Crippen LogP contribution in [0.25, 0.3) is 0 Å². The Bertz CT molecular complexity index is 216. The summed E-state index contributed by atoms with van der Waals surface area (Å²) in [5, 5.41) is 8.65. The molecule has 1 saturated heterocycles. The molecule has 1 atom stereocenters. The van der Waals surface area contributed by atoms with Gasteiger partial charge in [-0.15, -0.1) is 0 Å².